The first-order chi connectivity index (χ1) is 21.0. The van der Waals surface area contributed by atoms with Gasteiger partial charge in [0.15, 0.2) is 33.2 Å². The van der Waals surface area contributed by atoms with E-state index < -0.39 is 76.8 Å². The van der Waals surface area contributed by atoms with E-state index >= 15 is 0 Å². The summed E-state index contributed by atoms with van der Waals surface area (Å²) in [5.74, 6) is -1.18. The lowest BCUT2D eigenvalue weighted by Crippen LogP contribution is -2.17. The van der Waals surface area contributed by atoms with Gasteiger partial charge in [-0.25, -0.2) is 0 Å². The van der Waals surface area contributed by atoms with Crippen molar-refractivity contribution in [3.8, 4) is 11.5 Å². The second kappa shape index (κ2) is 10.1. The van der Waals surface area contributed by atoms with Crippen molar-refractivity contribution in [3.63, 3.8) is 0 Å². The van der Waals surface area contributed by atoms with Crippen molar-refractivity contribution < 1.29 is 25.9 Å². The molecular formula is C28H12Cl2N2O10S2. The van der Waals surface area contributed by atoms with Crippen LogP contribution in [0.3, 0.4) is 0 Å². The van der Waals surface area contributed by atoms with Crippen molar-refractivity contribution in [2.24, 2.45) is 0 Å². The summed E-state index contributed by atoms with van der Waals surface area (Å²) in [7, 11) is 0. The SMILES string of the molecule is O=c1c2ccccc2c(=O)c2c1c(OS(=O)O)c(Cl)c1[nH]c3c([nH]c12)c(Cl)c(OS(=O)O)c1c(=O)c2ccccc2c(=O)c13. The molecule has 1 heterocycles. The third kappa shape index (κ3) is 3.89. The van der Waals surface area contributed by atoms with Crippen LogP contribution in [0.5, 0.6) is 11.5 Å². The van der Waals surface area contributed by atoms with E-state index in [2.05, 4.69) is 9.97 Å². The van der Waals surface area contributed by atoms with E-state index in [4.69, 9.17) is 31.6 Å². The van der Waals surface area contributed by atoms with E-state index in [1.165, 1.54) is 36.4 Å². The number of fused-ring (bicyclic) bond motifs is 8. The fraction of sp³-hybridized carbons (Fsp3) is 0. The van der Waals surface area contributed by atoms with E-state index in [-0.39, 0.29) is 54.4 Å². The largest absolute Gasteiger partial charge is 0.378 e. The molecule has 1 aromatic heterocycles. The topological polar surface area (TPSA) is 193 Å². The number of H-pyrrole nitrogens is 2. The van der Waals surface area contributed by atoms with Gasteiger partial charge in [-0.15, -0.1) is 0 Å². The molecule has 12 nitrogen and oxygen atoms in total. The Balaban J connectivity index is 1.83. The van der Waals surface area contributed by atoms with E-state index in [0.29, 0.717) is 0 Å². The van der Waals surface area contributed by atoms with Crippen LogP contribution < -0.4 is 30.1 Å². The van der Waals surface area contributed by atoms with Gasteiger partial charge in [0.2, 0.25) is 0 Å². The predicted molar refractivity (Wildman–Crippen MR) is 169 cm³/mol. The summed E-state index contributed by atoms with van der Waals surface area (Å²) in [6.07, 6.45) is 0. The minimum Gasteiger partial charge on any atom is -0.378 e. The Morgan fingerprint density at radius 2 is 0.818 bits per heavy atom. The van der Waals surface area contributed by atoms with Crippen LogP contribution in [0, 0.1) is 0 Å². The van der Waals surface area contributed by atoms with Crippen LogP contribution in [-0.2, 0) is 22.7 Å². The van der Waals surface area contributed by atoms with Gasteiger partial charge >= 0.3 is 22.7 Å². The van der Waals surface area contributed by atoms with Gasteiger partial charge in [0, 0.05) is 21.5 Å². The number of hydrogen-bond acceptors (Lipinski definition) is 8. The van der Waals surface area contributed by atoms with E-state index in [1.807, 2.05) is 0 Å². The predicted octanol–water partition coefficient (Wildman–Crippen LogP) is 4.48. The standard InChI is InChI=1S/C28H12Cl2N2O10S2/c29-17-21-19(13-15(27(17)41-43(37)38)25(35)11-7-3-1-5-9(11)23(13)33)31-22-18(30)28(42-44(39)40)16-14(20(22)32-21)24(34)10-6-2-4-8-12(10)26(16)36/h1-8,31-32H,(H,37,38)(H,39,40). The Bertz CT molecular complexity index is 2560. The minimum atomic E-state index is -2.99. The third-order valence-corrected chi connectivity index (χ3v) is 8.68. The molecule has 2 unspecified atom stereocenters. The summed E-state index contributed by atoms with van der Waals surface area (Å²) in [6.45, 7) is 0. The van der Waals surface area contributed by atoms with E-state index in [0.717, 1.165) is 0 Å². The van der Waals surface area contributed by atoms with Crippen LogP contribution in [0.2, 0.25) is 10.0 Å². The molecule has 44 heavy (non-hydrogen) atoms. The van der Waals surface area contributed by atoms with Gasteiger partial charge in [0.1, 0.15) is 10.0 Å². The van der Waals surface area contributed by atoms with Crippen molar-refractivity contribution in [3.05, 3.63) is 99.5 Å². The Hall–Kier alpha value is -4.44. The lowest BCUT2D eigenvalue weighted by Gasteiger charge is -2.16. The van der Waals surface area contributed by atoms with Crippen molar-refractivity contribution in [1.82, 2.24) is 9.97 Å². The molecule has 220 valence electrons. The molecule has 0 fully saturated rings. The zero-order valence-corrected chi connectivity index (χ0v) is 24.5. The maximum atomic E-state index is 13.9. The highest BCUT2D eigenvalue weighted by Gasteiger charge is 2.28. The molecule has 4 N–H and O–H groups in total. The molecule has 7 rings (SSSR count). The molecule has 0 aliphatic heterocycles. The Kier molecular flexibility index (Phi) is 6.47. The van der Waals surface area contributed by atoms with Crippen LogP contribution in [0.25, 0.3) is 65.2 Å². The molecule has 0 spiro atoms. The van der Waals surface area contributed by atoms with Crippen molar-refractivity contribution >= 4 is 111 Å². The Morgan fingerprint density at radius 3 is 1.11 bits per heavy atom. The summed E-state index contributed by atoms with van der Waals surface area (Å²) in [5.41, 5.74) is -3.41. The first-order valence-electron chi connectivity index (χ1n) is 12.3. The molecule has 16 heteroatoms. The van der Waals surface area contributed by atoms with Crippen LogP contribution in [-0.4, -0.2) is 27.5 Å². The number of hydrogen-bond donors (Lipinski definition) is 4. The fourth-order valence-electron chi connectivity index (χ4n) is 5.61. The average molecular weight is 671 g/mol. The number of rotatable bonds is 4. The number of aromatic amines is 2. The second-order valence-electron chi connectivity index (χ2n) is 9.54. The van der Waals surface area contributed by atoms with Gasteiger partial charge in [0.05, 0.1) is 43.6 Å². The smallest absolute Gasteiger partial charge is 0.357 e. The van der Waals surface area contributed by atoms with Gasteiger partial charge < -0.3 is 18.3 Å². The van der Waals surface area contributed by atoms with Crippen LogP contribution in [0.1, 0.15) is 0 Å². The van der Waals surface area contributed by atoms with Crippen molar-refractivity contribution in [2.45, 2.75) is 0 Å². The maximum absolute atomic E-state index is 13.9. The molecule has 0 amide bonds. The molecule has 6 aromatic carbocycles. The summed E-state index contributed by atoms with van der Waals surface area (Å²) in [5, 5.41) is -2.25. The molecule has 0 bridgehead atoms. The highest BCUT2D eigenvalue weighted by atomic mass is 35.5. The van der Waals surface area contributed by atoms with E-state index in [1.54, 1.807) is 12.1 Å². The summed E-state index contributed by atoms with van der Waals surface area (Å²) >= 11 is 7.35. The zero-order valence-electron chi connectivity index (χ0n) is 21.4. The monoisotopic (exact) mass is 670 g/mol. The van der Waals surface area contributed by atoms with Gasteiger partial charge in [-0.3, -0.25) is 28.3 Å². The zero-order chi connectivity index (χ0) is 31.2. The molecule has 0 radical (unpaired) electrons. The molecule has 0 saturated heterocycles. The molecular weight excluding hydrogens is 659 g/mol. The Morgan fingerprint density at radius 1 is 0.523 bits per heavy atom. The second-order valence-corrected chi connectivity index (χ2v) is 11.5. The molecule has 0 aliphatic rings. The highest BCUT2D eigenvalue weighted by Crippen LogP contribution is 2.43. The normalized spacial score (nSPS) is 13.4. The van der Waals surface area contributed by atoms with Gasteiger partial charge in [-0.05, 0) is 0 Å². The van der Waals surface area contributed by atoms with Crippen molar-refractivity contribution in [2.75, 3.05) is 0 Å². The quantitative estimate of drug-likeness (QED) is 0.118. The molecule has 2 atom stereocenters. The van der Waals surface area contributed by atoms with E-state index in [9.17, 15) is 36.7 Å². The summed E-state index contributed by atoms with van der Waals surface area (Å²) in [4.78, 5) is 60.8. The van der Waals surface area contributed by atoms with Gasteiger partial charge in [0.25, 0.3) is 0 Å². The summed E-state index contributed by atoms with van der Waals surface area (Å²) < 4.78 is 52.9. The molecule has 7 aromatic rings. The number of halogens is 2. The average Bonchev–Trinajstić information content (AvgIpc) is 3.00. The first-order valence-corrected chi connectivity index (χ1v) is 15.1. The Labute approximate surface area is 257 Å². The summed E-state index contributed by atoms with van der Waals surface area (Å²) in [6, 6.07) is 11.8. The lowest BCUT2D eigenvalue weighted by atomic mass is 9.98. The molecule has 0 saturated carbocycles. The minimum absolute atomic E-state index is 0.00487. The van der Waals surface area contributed by atoms with Gasteiger partial charge in [-0.1, -0.05) is 71.7 Å². The lowest BCUT2D eigenvalue weighted by molar-refractivity contribution is 0.458. The first kappa shape index (κ1) is 28.3. The van der Waals surface area contributed by atoms with Crippen LogP contribution >= 0.6 is 23.2 Å². The number of benzene rings is 6. The molecule has 0 aliphatic carbocycles. The van der Waals surface area contributed by atoms with Gasteiger partial charge in [-0.2, -0.15) is 8.42 Å². The maximum Gasteiger partial charge on any atom is 0.357 e. The van der Waals surface area contributed by atoms with Crippen LogP contribution in [0.4, 0.5) is 0 Å². The van der Waals surface area contributed by atoms with Crippen molar-refractivity contribution in [1.29, 1.82) is 0 Å². The van der Waals surface area contributed by atoms with Crippen LogP contribution in [0.15, 0.2) is 67.7 Å². The highest BCUT2D eigenvalue weighted by molar-refractivity contribution is 7.74. The third-order valence-electron chi connectivity index (χ3n) is 7.34. The number of nitrogens with one attached hydrogen (secondary N) is 2. The fourth-order valence-corrected chi connectivity index (χ4v) is 6.87. The number of aromatic nitrogens is 2.